The summed E-state index contributed by atoms with van der Waals surface area (Å²) in [7, 11) is -1.60. The largest absolute Gasteiger partial charge is 0.319 e. The lowest BCUT2D eigenvalue weighted by Crippen LogP contribution is -2.41. The summed E-state index contributed by atoms with van der Waals surface area (Å²) in [5.74, 6) is -0.840. The first-order valence-corrected chi connectivity index (χ1v) is 10.6. The lowest BCUT2D eigenvalue weighted by Gasteiger charge is -2.28. The van der Waals surface area contributed by atoms with Gasteiger partial charge in [0.25, 0.3) is 11.6 Å². The number of carbonyl (C=O) groups excluding carboxylic acids is 1. The number of nitrogens with zero attached hydrogens (tertiary/aromatic N) is 4. The van der Waals surface area contributed by atoms with E-state index in [0.29, 0.717) is 28.9 Å². The van der Waals surface area contributed by atoms with Crippen LogP contribution in [0, 0.1) is 16.0 Å². The predicted octanol–water partition coefficient (Wildman–Crippen LogP) is 1.25. The Hall–Kier alpha value is -2.11. The fraction of sp³-hybridized carbons (Fsp3) is 0.467. The molecule has 1 amide bonds. The van der Waals surface area contributed by atoms with Crippen molar-refractivity contribution in [2.45, 2.75) is 12.8 Å². The molecule has 1 aromatic carbocycles. The number of rotatable bonds is 3. The molecule has 140 valence electrons. The summed E-state index contributed by atoms with van der Waals surface area (Å²) in [5, 5.41) is 10.9. The van der Waals surface area contributed by atoms with Gasteiger partial charge in [-0.1, -0.05) is 11.3 Å². The van der Waals surface area contributed by atoms with Gasteiger partial charge in [-0.3, -0.25) is 14.9 Å². The molecule has 1 aliphatic heterocycles. The third kappa shape index (κ3) is 3.69. The number of fused-ring (bicyclic) bond motifs is 1. The van der Waals surface area contributed by atoms with E-state index in [2.05, 4.69) is 4.99 Å². The van der Waals surface area contributed by atoms with Gasteiger partial charge in [0, 0.05) is 32.3 Å². The molecule has 1 saturated heterocycles. The highest BCUT2D eigenvalue weighted by molar-refractivity contribution is 7.88. The molecule has 11 heteroatoms. The van der Waals surface area contributed by atoms with Crippen LogP contribution in [0.2, 0.25) is 0 Å². The number of thiazole rings is 1. The molecule has 1 fully saturated rings. The van der Waals surface area contributed by atoms with E-state index >= 15 is 0 Å². The normalized spacial score (nSPS) is 19.8. The van der Waals surface area contributed by atoms with E-state index < -0.39 is 20.9 Å². The minimum Gasteiger partial charge on any atom is -0.319 e. The van der Waals surface area contributed by atoms with E-state index in [1.165, 1.54) is 27.8 Å². The average molecular weight is 398 g/mol. The molecule has 0 spiro atoms. The fourth-order valence-electron chi connectivity index (χ4n) is 2.97. The van der Waals surface area contributed by atoms with Gasteiger partial charge >= 0.3 is 0 Å². The molecule has 1 atom stereocenters. The van der Waals surface area contributed by atoms with Crippen LogP contribution in [0.3, 0.4) is 0 Å². The van der Waals surface area contributed by atoms with Gasteiger partial charge in [-0.15, -0.1) is 0 Å². The number of carbonyl (C=O) groups is 1. The van der Waals surface area contributed by atoms with Crippen LogP contribution in [0.25, 0.3) is 10.2 Å². The second-order valence-electron chi connectivity index (χ2n) is 6.26. The average Bonchev–Trinajstić information content (AvgIpc) is 2.89. The van der Waals surface area contributed by atoms with E-state index in [4.69, 9.17) is 0 Å². The van der Waals surface area contributed by atoms with Crippen LogP contribution in [0.15, 0.2) is 23.2 Å². The van der Waals surface area contributed by atoms with E-state index in [0.717, 1.165) is 11.8 Å². The van der Waals surface area contributed by atoms with Crippen molar-refractivity contribution in [3.8, 4) is 0 Å². The molecule has 0 aliphatic carbocycles. The van der Waals surface area contributed by atoms with Gasteiger partial charge < -0.3 is 4.57 Å². The molecular weight excluding hydrogens is 380 g/mol. The van der Waals surface area contributed by atoms with Gasteiger partial charge in [-0.2, -0.15) is 4.99 Å². The van der Waals surface area contributed by atoms with Crippen LogP contribution in [0.4, 0.5) is 5.69 Å². The number of aromatic nitrogens is 1. The Labute approximate surface area is 153 Å². The highest BCUT2D eigenvalue weighted by atomic mass is 32.2. The Morgan fingerprint density at radius 3 is 2.81 bits per heavy atom. The van der Waals surface area contributed by atoms with Crippen molar-refractivity contribution >= 4 is 43.2 Å². The molecule has 1 aliphatic rings. The topological polar surface area (TPSA) is 115 Å². The molecule has 0 radical (unpaired) electrons. The maximum absolute atomic E-state index is 12.5. The zero-order valence-electron chi connectivity index (χ0n) is 14.3. The zero-order chi connectivity index (χ0) is 19.1. The first-order valence-electron chi connectivity index (χ1n) is 7.94. The van der Waals surface area contributed by atoms with Crippen molar-refractivity contribution in [3.05, 3.63) is 33.1 Å². The summed E-state index contributed by atoms with van der Waals surface area (Å²) in [4.78, 5) is 27.6. The highest BCUT2D eigenvalue weighted by Gasteiger charge is 2.30. The predicted molar refractivity (Wildman–Crippen MR) is 97.2 cm³/mol. The molecule has 26 heavy (non-hydrogen) atoms. The van der Waals surface area contributed by atoms with Crippen molar-refractivity contribution in [2.24, 2.45) is 18.0 Å². The van der Waals surface area contributed by atoms with E-state index in [1.54, 1.807) is 17.7 Å². The third-order valence-corrected chi connectivity index (χ3v) is 6.78. The molecule has 3 rings (SSSR count). The number of benzene rings is 1. The number of sulfonamides is 1. The van der Waals surface area contributed by atoms with Crippen molar-refractivity contribution in [1.29, 1.82) is 0 Å². The second kappa shape index (κ2) is 6.89. The molecule has 2 aromatic rings. The van der Waals surface area contributed by atoms with Crippen LogP contribution in [0.5, 0.6) is 0 Å². The Balaban J connectivity index is 1.93. The number of hydrogen-bond acceptors (Lipinski definition) is 6. The van der Waals surface area contributed by atoms with Gasteiger partial charge in [0.2, 0.25) is 10.0 Å². The van der Waals surface area contributed by atoms with Gasteiger partial charge in [-0.25, -0.2) is 12.7 Å². The molecule has 0 saturated carbocycles. The van der Waals surface area contributed by atoms with E-state index in [1.807, 2.05) is 0 Å². The highest BCUT2D eigenvalue weighted by Crippen LogP contribution is 2.23. The Kier molecular flexibility index (Phi) is 4.95. The van der Waals surface area contributed by atoms with Crippen LogP contribution in [-0.2, 0) is 21.9 Å². The first kappa shape index (κ1) is 18.7. The second-order valence-corrected chi connectivity index (χ2v) is 9.25. The van der Waals surface area contributed by atoms with E-state index in [-0.39, 0.29) is 18.1 Å². The smallest absolute Gasteiger partial charge is 0.270 e. The summed E-state index contributed by atoms with van der Waals surface area (Å²) in [6, 6.07) is 4.49. The van der Waals surface area contributed by atoms with Gasteiger partial charge in [0.15, 0.2) is 4.80 Å². The number of nitro benzene ring substituents is 1. The maximum Gasteiger partial charge on any atom is 0.270 e. The summed E-state index contributed by atoms with van der Waals surface area (Å²) in [6.45, 7) is 0.560. The molecule has 1 aromatic heterocycles. The molecule has 9 nitrogen and oxygen atoms in total. The van der Waals surface area contributed by atoms with Crippen LogP contribution < -0.4 is 4.80 Å². The van der Waals surface area contributed by atoms with E-state index in [9.17, 15) is 23.3 Å². The minimum absolute atomic E-state index is 0.0201. The van der Waals surface area contributed by atoms with Crippen molar-refractivity contribution in [2.75, 3.05) is 19.3 Å². The number of hydrogen-bond donors (Lipinski definition) is 0. The van der Waals surface area contributed by atoms with Crippen LogP contribution >= 0.6 is 11.3 Å². The first-order chi connectivity index (χ1) is 12.2. The lowest BCUT2D eigenvalue weighted by atomic mass is 9.99. The summed E-state index contributed by atoms with van der Waals surface area (Å²) in [6.07, 6.45) is 2.34. The molecule has 0 N–H and O–H groups in total. The Bertz CT molecular complexity index is 1050. The number of amides is 1. The number of piperidine rings is 1. The van der Waals surface area contributed by atoms with Crippen molar-refractivity contribution in [1.82, 2.24) is 8.87 Å². The quantitative estimate of drug-likeness (QED) is 0.570. The summed E-state index contributed by atoms with van der Waals surface area (Å²) < 4.78 is 27.1. The van der Waals surface area contributed by atoms with Gasteiger partial charge in [0.1, 0.15) is 0 Å². The van der Waals surface area contributed by atoms with Crippen LogP contribution in [0.1, 0.15) is 12.8 Å². The fourth-order valence-corrected chi connectivity index (χ4v) is 4.94. The lowest BCUT2D eigenvalue weighted by molar-refractivity contribution is -0.384. The standard InChI is InChI=1S/C15H18N4O5S2/c1-17-12-6-5-11(19(21)22)8-13(12)25-15(17)16-14(20)10-4-3-7-18(9-10)26(2,23)24/h5-6,8,10H,3-4,7,9H2,1-2H3. The number of nitro groups is 1. The van der Waals surface area contributed by atoms with Gasteiger partial charge in [0.05, 0.1) is 27.3 Å². The van der Waals surface area contributed by atoms with Crippen LogP contribution in [-0.4, -0.2) is 47.5 Å². The maximum atomic E-state index is 12.5. The minimum atomic E-state index is -3.33. The third-order valence-electron chi connectivity index (χ3n) is 4.41. The Morgan fingerprint density at radius 1 is 1.42 bits per heavy atom. The molecule has 0 bridgehead atoms. The van der Waals surface area contributed by atoms with Crippen molar-refractivity contribution in [3.63, 3.8) is 0 Å². The zero-order valence-corrected chi connectivity index (χ0v) is 15.9. The Morgan fingerprint density at radius 2 is 2.15 bits per heavy atom. The molecule has 1 unspecified atom stereocenters. The summed E-state index contributed by atoms with van der Waals surface area (Å²) in [5.41, 5.74) is 0.724. The molecular formula is C15H18N4O5S2. The van der Waals surface area contributed by atoms with Crippen molar-refractivity contribution < 1.29 is 18.1 Å². The number of aryl methyl sites for hydroxylation is 1. The molecule has 2 heterocycles. The number of non-ortho nitro benzene ring substituents is 1. The summed E-state index contributed by atoms with van der Waals surface area (Å²) >= 11 is 1.19. The monoisotopic (exact) mass is 398 g/mol. The SMILES string of the molecule is Cn1c(=NC(=O)C2CCCN(S(C)(=O)=O)C2)sc2cc([N+](=O)[O-])ccc21. The van der Waals surface area contributed by atoms with Gasteiger partial charge in [-0.05, 0) is 18.9 Å².